The minimum atomic E-state index is -0.912. The summed E-state index contributed by atoms with van der Waals surface area (Å²) in [5.41, 5.74) is 13.0. The Balaban J connectivity index is 1.61. The molecule has 39 heavy (non-hydrogen) atoms. The molecule has 5 N–H and O–H groups in total. The second-order valence-corrected chi connectivity index (χ2v) is 8.99. The van der Waals surface area contributed by atoms with Gasteiger partial charge in [0, 0.05) is 17.4 Å². The van der Waals surface area contributed by atoms with Gasteiger partial charge >= 0.3 is 0 Å². The van der Waals surface area contributed by atoms with Crippen molar-refractivity contribution in [3.63, 3.8) is 0 Å². The van der Waals surface area contributed by atoms with E-state index in [0.29, 0.717) is 46.5 Å². The second-order valence-electron chi connectivity index (χ2n) is 8.99. The van der Waals surface area contributed by atoms with Crippen molar-refractivity contribution in [2.24, 2.45) is 10.7 Å². The highest BCUT2D eigenvalue weighted by Gasteiger charge is 2.24. The van der Waals surface area contributed by atoms with Crippen molar-refractivity contribution in [1.29, 1.82) is 0 Å². The average Bonchev–Trinajstić information content (AvgIpc) is 2.95. The van der Waals surface area contributed by atoms with Gasteiger partial charge in [-0.2, -0.15) is 0 Å². The number of hydrogen-bond donors (Lipinski definition) is 4. The normalized spacial score (nSPS) is 15.8. The highest BCUT2D eigenvalue weighted by Crippen LogP contribution is 2.33. The van der Waals surface area contributed by atoms with Crippen LogP contribution in [0.4, 0.5) is 5.69 Å². The van der Waals surface area contributed by atoms with Gasteiger partial charge in [-0.25, -0.2) is 9.98 Å². The first-order valence-corrected chi connectivity index (χ1v) is 12.6. The molecule has 1 aromatic heterocycles. The van der Waals surface area contributed by atoms with Crippen LogP contribution in [0.1, 0.15) is 54.8 Å². The molecular formula is C28H32N6O5. The zero-order valence-electron chi connectivity index (χ0n) is 22.1. The first kappa shape index (κ1) is 27.2. The van der Waals surface area contributed by atoms with Crippen molar-refractivity contribution in [2.75, 3.05) is 18.7 Å². The molecule has 11 nitrogen and oxygen atoms in total. The van der Waals surface area contributed by atoms with Crippen LogP contribution in [0.3, 0.4) is 0 Å². The molecule has 11 heteroatoms. The molecule has 2 aliphatic rings. The number of carbonyl (C=O) groups is 2. The van der Waals surface area contributed by atoms with Crippen LogP contribution in [0.2, 0.25) is 0 Å². The number of benzene rings is 2. The standard InChI is InChI=1S/C28H32N6O5/c1-4-14-37-22-6-5-13-30-25(22)28(36)34-33-27(35)24-19-9-12-21(39-17(2)3)23(15-19)38-16-31-26(29)18-7-10-20(32-24)11-8-18/h5-13,15,17,24,32H,4,14,16H2,1-3H3,(H2,29,31)(H,33,35)(H,34,36). The number of pyridine rings is 1. The smallest absolute Gasteiger partial charge is 0.292 e. The van der Waals surface area contributed by atoms with Crippen molar-refractivity contribution in [1.82, 2.24) is 15.8 Å². The predicted molar refractivity (Wildman–Crippen MR) is 147 cm³/mol. The van der Waals surface area contributed by atoms with Crippen molar-refractivity contribution >= 4 is 23.3 Å². The van der Waals surface area contributed by atoms with Crippen molar-refractivity contribution in [3.05, 3.63) is 77.6 Å². The lowest BCUT2D eigenvalue weighted by molar-refractivity contribution is -0.122. The van der Waals surface area contributed by atoms with E-state index in [0.717, 1.165) is 6.42 Å². The summed E-state index contributed by atoms with van der Waals surface area (Å²) in [5, 5.41) is 3.22. The van der Waals surface area contributed by atoms with E-state index in [9.17, 15) is 9.59 Å². The Labute approximate surface area is 226 Å². The van der Waals surface area contributed by atoms with Gasteiger partial charge in [-0.15, -0.1) is 0 Å². The Morgan fingerprint density at radius 3 is 2.67 bits per heavy atom. The lowest BCUT2D eigenvalue weighted by atomic mass is 10.0. The number of fused-ring (bicyclic) bond motifs is 5. The van der Waals surface area contributed by atoms with E-state index >= 15 is 0 Å². The van der Waals surface area contributed by atoms with Gasteiger partial charge in [0.2, 0.25) is 0 Å². The largest absolute Gasteiger partial charge is 0.491 e. The van der Waals surface area contributed by atoms with Crippen molar-refractivity contribution in [2.45, 2.75) is 39.3 Å². The first-order valence-electron chi connectivity index (χ1n) is 12.6. The summed E-state index contributed by atoms with van der Waals surface area (Å²) in [6, 6.07) is 14.8. The summed E-state index contributed by atoms with van der Waals surface area (Å²) >= 11 is 0. The van der Waals surface area contributed by atoms with Crippen molar-refractivity contribution in [3.8, 4) is 17.2 Å². The molecule has 3 heterocycles. The molecule has 2 aromatic carbocycles. The third-order valence-electron chi connectivity index (χ3n) is 5.62. The molecule has 0 fully saturated rings. The number of nitrogens with one attached hydrogen (secondary N) is 3. The molecule has 0 aliphatic carbocycles. The number of amides is 2. The zero-order valence-corrected chi connectivity index (χ0v) is 22.1. The molecular weight excluding hydrogens is 500 g/mol. The molecule has 2 amide bonds. The van der Waals surface area contributed by atoms with Gasteiger partial charge in [0.05, 0.1) is 12.7 Å². The number of carbonyl (C=O) groups excluding carboxylic acids is 2. The van der Waals surface area contributed by atoms with E-state index in [1.807, 2.05) is 20.8 Å². The summed E-state index contributed by atoms with van der Waals surface area (Å²) in [5.74, 6) is 0.414. The molecule has 5 rings (SSSR count). The molecule has 1 atom stereocenters. The fourth-order valence-electron chi connectivity index (χ4n) is 3.77. The van der Waals surface area contributed by atoms with Gasteiger partial charge in [0.1, 0.15) is 11.9 Å². The number of nitrogens with zero attached hydrogens (tertiary/aromatic N) is 2. The highest BCUT2D eigenvalue weighted by atomic mass is 16.5. The third-order valence-corrected chi connectivity index (χ3v) is 5.62. The van der Waals surface area contributed by atoms with Gasteiger partial charge in [-0.3, -0.25) is 20.4 Å². The minimum Gasteiger partial charge on any atom is -0.491 e. The number of hydrogen-bond acceptors (Lipinski definition) is 9. The summed E-state index contributed by atoms with van der Waals surface area (Å²) < 4.78 is 17.4. The second kappa shape index (κ2) is 12.6. The van der Waals surface area contributed by atoms with E-state index in [-0.39, 0.29) is 18.5 Å². The van der Waals surface area contributed by atoms with Crippen LogP contribution in [0.15, 0.2) is 65.8 Å². The Morgan fingerprint density at radius 1 is 1.13 bits per heavy atom. The van der Waals surface area contributed by atoms with Crippen LogP contribution in [-0.2, 0) is 4.79 Å². The van der Waals surface area contributed by atoms with E-state index in [1.165, 1.54) is 6.20 Å². The molecule has 3 aromatic rings. The van der Waals surface area contributed by atoms with E-state index in [1.54, 1.807) is 54.6 Å². The molecule has 0 saturated heterocycles. The molecule has 4 bridgehead atoms. The van der Waals surface area contributed by atoms with Crippen LogP contribution >= 0.6 is 0 Å². The van der Waals surface area contributed by atoms with Gasteiger partial charge in [-0.1, -0.05) is 13.0 Å². The average molecular weight is 533 g/mol. The van der Waals surface area contributed by atoms with Gasteiger partial charge in [-0.05, 0) is 74.4 Å². The number of anilines is 1. The Bertz CT molecular complexity index is 1340. The zero-order chi connectivity index (χ0) is 27.8. The van der Waals surface area contributed by atoms with E-state index in [4.69, 9.17) is 19.9 Å². The molecule has 1 unspecified atom stereocenters. The van der Waals surface area contributed by atoms with Crippen LogP contribution in [0, 0.1) is 0 Å². The van der Waals surface area contributed by atoms with Crippen LogP contribution in [-0.4, -0.2) is 42.1 Å². The molecule has 204 valence electrons. The highest BCUT2D eigenvalue weighted by molar-refractivity contribution is 5.98. The lowest BCUT2D eigenvalue weighted by Gasteiger charge is -2.22. The fraction of sp³-hybridized carbons (Fsp3) is 0.286. The Hall–Kier alpha value is -4.80. The van der Waals surface area contributed by atoms with Crippen LogP contribution < -0.4 is 36.1 Å². The third kappa shape index (κ3) is 6.95. The fourth-order valence-corrected chi connectivity index (χ4v) is 3.77. The molecule has 0 radical (unpaired) electrons. The number of aromatic nitrogens is 1. The first-order chi connectivity index (χ1) is 18.9. The minimum absolute atomic E-state index is 0.0433. The van der Waals surface area contributed by atoms with Crippen LogP contribution in [0.5, 0.6) is 17.2 Å². The SMILES string of the molecule is CCCOc1cccnc1C(=O)NNC(=O)C1Nc2ccc(cc2)/C(N)=N\COc2cc1ccc2OC(C)C. The number of amidine groups is 1. The number of nitrogens with two attached hydrogens (primary N) is 1. The lowest BCUT2D eigenvalue weighted by Crippen LogP contribution is -2.45. The summed E-state index contributed by atoms with van der Waals surface area (Å²) in [7, 11) is 0. The molecule has 0 spiro atoms. The quantitative estimate of drug-likeness (QED) is 0.339. The maximum absolute atomic E-state index is 13.4. The van der Waals surface area contributed by atoms with Gasteiger partial charge in [0.25, 0.3) is 11.8 Å². The summed E-state index contributed by atoms with van der Waals surface area (Å²) in [4.78, 5) is 34.7. The monoisotopic (exact) mass is 532 g/mol. The van der Waals surface area contributed by atoms with Gasteiger partial charge < -0.3 is 25.3 Å². The predicted octanol–water partition coefficient (Wildman–Crippen LogP) is 3.33. The summed E-state index contributed by atoms with van der Waals surface area (Å²) in [6.45, 7) is 6.15. The maximum Gasteiger partial charge on any atom is 0.292 e. The number of hydrazine groups is 1. The Morgan fingerprint density at radius 2 is 1.92 bits per heavy atom. The topological polar surface area (TPSA) is 149 Å². The Kier molecular flexibility index (Phi) is 8.82. The van der Waals surface area contributed by atoms with E-state index < -0.39 is 17.9 Å². The van der Waals surface area contributed by atoms with Crippen LogP contribution in [0.25, 0.3) is 0 Å². The molecule has 2 aliphatic heterocycles. The van der Waals surface area contributed by atoms with E-state index in [2.05, 4.69) is 26.1 Å². The number of aliphatic imine (C=N–C) groups is 1. The summed E-state index contributed by atoms with van der Waals surface area (Å²) in [6.07, 6.45) is 2.15. The maximum atomic E-state index is 13.4. The van der Waals surface area contributed by atoms with Crippen molar-refractivity contribution < 1.29 is 23.8 Å². The van der Waals surface area contributed by atoms with Gasteiger partial charge in [0.15, 0.2) is 29.7 Å². The molecule has 0 saturated carbocycles. The number of ether oxygens (including phenoxy) is 3. The number of rotatable bonds is 7.